The van der Waals surface area contributed by atoms with Crippen molar-refractivity contribution in [1.82, 2.24) is 25.5 Å². The second-order valence-electron chi connectivity index (χ2n) is 5.95. The normalized spacial score (nSPS) is 10.4. The third kappa shape index (κ3) is 4.55. The highest BCUT2D eigenvalue weighted by atomic mass is 16.2. The average molecular weight is 364 g/mol. The molecule has 3 rings (SSSR count). The standard InChI is InChI=1S/C19H20N6O2/c1-3-20-19(27)14-8-6-9-15(11-14)21-17(26)12-25-23-18(22-24-25)16-10-5-4-7-13(16)2/h4-11H,3,12H2,1-2H3,(H,20,27)(H,21,26). The van der Waals surface area contributed by atoms with Crippen molar-refractivity contribution in [1.29, 1.82) is 0 Å². The van der Waals surface area contributed by atoms with Gasteiger partial charge in [0.25, 0.3) is 5.91 Å². The molecule has 3 aromatic rings. The quantitative estimate of drug-likeness (QED) is 0.697. The molecule has 138 valence electrons. The first kappa shape index (κ1) is 18.2. The monoisotopic (exact) mass is 364 g/mol. The maximum atomic E-state index is 12.3. The van der Waals surface area contributed by atoms with Gasteiger partial charge in [-0.2, -0.15) is 4.80 Å². The van der Waals surface area contributed by atoms with E-state index in [0.29, 0.717) is 23.6 Å². The summed E-state index contributed by atoms with van der Waals surface area (Å²) in [6, 6.07) is 14.4. The highest BCUT2D eigenvalue weighted by Crippen LogP contribution is 2.17. The van der Waals surface area contributed by atoms with Crippen LogP contribution in [0.5, 0.6) is 0 Å². The molecule has 2 N–H and O–H groups in total. The lowest BCUT2D eigenvalue weighted by Gasteiger charge is -2.07. The van der Waals surface area contributed by atoms with Crippen molar-refractivity contribution in [3.05, 3.63) is 59.7 Å². The lowest BCUT2D eigenvalue weighted by atomic mass is 10.1. The Hall–Kier alpha value is -3.55. The number of nitrogens with zero attached hydrogens (tertiary/aromatic N) is 4. The van der Waals surface area contributed by atoms with Crippen LogP contribution in [0.1, 0.15) is 22.8 Å². The molecular weight excluding hydrogens is 344 g/mol. The molecule has 2 aromatic carbocycles. The summed E-state index contributed by atoms with van der Waals surface area (Å²) >= 11 is 0. The summed E-state index contributed by atoms with van der Waals surface area (Å²) in [6.07, 6.45) is 0. The van der Waals surface area contributed by atoms with Gasteiger partial charge in [-0.1, -0.05) is 30.3 Å². The molecule has 0 spiro atoms. The number of carbonyl (C=O) groups is 2. The highest BCUT2D eigenvalue weighted by Gasteiger charge is 2.12. The molecule has 2 amide bonds. The Bertz CT molecular complexity index is 966. The third-order valence-electron chi connectivity index (χ3n) is 3.87. The highest BCUT2D eigenvalue weighted by molar-refractivity contribution is 5.97. The van der Waals surface area contributed by atoms with Gasteiger partial charge in [-0.25, -0.2) is 0 Å². The number of benzene rings is 2. The predicted molar refractivity (Wildman–Crippen MR) is 101 cm³/mol. The number of aryl methyl sites for hydroxylation is 1. The summed E-state index contributed by atoms with van der Waals surface area (Å²) < 4.78 is 0. The fourth-order valence-corrected chi connectivity index (χ4v) is 2.57. The first-order valence-electron chi connectivity index (χ1n) is 8.58. The van der Waals surface area contributed by atoms with Crippen molar-refractivity contribution < 1.29 is 9.59 Å². The first-order valence-corrected chi connectivity index (χ1v) is 8.58. The topological polar surface area (TPSA) is 102 Å². The number of hydrogen-bond donors (Lipinski definition) is 2. The van der Waals surface area contributed by atoms with Crippen LogP contribution < -0.4 is 10.6 Å². The molecular formula is C19H20N6O2. The molecule has 0 aliphatic carbocycles. The summed E-state index contributed by atoms with van der Waals surface area (Å²) in [5.74, 6) is -0.0228. The van der Waals surface area contributed by atoms with Gasteiger partial charge >= 0.3 is 0 Å². The van der Waals surface area contributed by atoms with Gasteiger partial charge in [0.15, 0.2) is 0 Å². The van der Waals surface area contributed by atoms with Crippen LogP contribution in [-0.4, -0.2) is 38.6 Å². The minimum Gasteiger partial charge on any atom is -0.352 e. The van der Waals surface area contributed by atoms with E-state index in [-0.39, 0.29) is 18.4 Å². The fourth-order valence-electron chi connectivity index (χ4n) is 2.57. The predicted octanol–water partition coefficient (Wildman–Crippen LogP) is 2.04. The van der Waals surface area contributed by atoms with E-state index in [1.807, 2.05) is 38.1 Å². The largest absolute Gasteiger partial charge is 0.352 e. The van der Waals surface area contributed by atoms with Gasteiger partial charge < -0.3 is 10.6 Å². The van der Waals surface area contributed by atoms with Crippen LogP contribution >= 0.6 is 0 Å². The smallest absolute Gasteiger partial charge is 0.251 e. The van der Waals surface area contributed by atoms with E-state index in [2.05, 4.69) is 26.0 Å². The zero-order valence-electron chi connectivity index (χ0n) is 15.1. The number of aromatic nitrogens is 4. The van der Waals surface area contributed by atoms with Crippen molar-refractivity contribution in [2.75, 3.05) is 11.9 Å². The van der Waals surface area contributed by atoms with E-state index in [0.717, 1.165) is 11.1 Å². The van der Waals surface area contributed by atoms with E-state index in [9.17, 15) is 9.59 Å². The SMILES string of the molecule is CCNC(=O)c1cccc(NC(=O)Cn2nnc(-c3ccccc3C)n2)c1. The van der Waals surface area contributed by atoms with E-state index in [1.54, 1.807) is 24.3 Å². The number of rotatable bonds is 6. The molecule has 1 aromatic heterocycles. The third-order valence-corrected chi connectivity index (χ3v) is 3.87. The van der Waals surface area contributed by atoms with Gasteiger partial charge in [0, 0.05) is 23.4 Å². The van der Waals surface area contributed by atoms with Crippen LogP contribution in [0.15, 0.2) is 48.5 Å². The number of tetrazole rings is 1. The first-order chi connectivity index (χ1) is 13.1. The number of amides is 2. The Morgan fingerprint density at radius 2 is 1.93 bits per heavy atom. The van der Waals surface area contributed by atoms with Gasteiger partial charge in [0.2, 0.25) is 11.7 Å². The lowest BCUT2D eigenvalue weighted by molar-refractivity contribution is -0.117. The average Bonchev–Trinajstić information content (AvgIpc) is 3.10. The molecule has 8 heteroatoms. The van der Waals surface area contributed by atoms with Crippen LogP contribution in [0.25, 0.3) is 11.4 Å². The second-order valence-corrected chi connectivity index (χ2v) is 5.95. The van der Waals surface area contributed by atoms with Gasteiger partial charge in [-0.05, 0) is 42.8 Å². The van der Waals surface area contributed by atoms with Crippen molar-refractivity contribution in [2.45, 2.75) is 20.4 Å². The van der Waals surface area contributed by atoms with Crippen molar-refractivity contribution >= 4 is 17.5 Å². The molecule has 0 aliphatic rings. The van der Waals surface area contributed by atoms with E-state index in [1.165, 1.54) is 4.80 Å². The van der Waals surface area contributed by atoms with Crippen LogP contribution in [-0.2, 0) is 11.3 Å². The summed E-state index contributed by atoms with van der Waals surface area (Å²) in [5, 5.41) is 17.7. The molecule has 0 radical (unpaired) electrons. The maximum Gasteiger partial charge on any atom is 0.251 e. The number of carbonyl (C=O) groups excluding carboxylic acids is 2. The zero-order valence-corrected chi connectivity index (χ0v) is 15.1. The number of nitrogens with one attached hydrogen (secondary N) is 2. The molecule has 1 heterocycles. The van der Waals surface area contributed by atoms with E-state index in [4.69, 9.17) is 0 Å². The molecule has 8 nitrogen and oxygen atoms in total. The Morgan fingerprint density at radius 3 is 2.70 bits per heavy atom. The van der Waals surface area contributed by atoms with Crippen molar-refractivity contribution in [3.63, 3.8) is 0 Å². The summed E-state index contributed by atoms with van der Waals surface area (Å²) in [7, 11) is 0. The van der Waals surface area contributed by atoms with Gasteiger partial charge in [0.05, 0.1) is 0 Å². The van der Waals surface area contributed by atoms with E-state index >= 15 is 0 Å². The molecule has 0 aliphatic heterocycles. The van der Waals surface area contributed by atoms with Gasteiger partial charge in [-0.3, -0.25) is 9.59 Å². The van der Waals surface area contributed by atoms with Gasteiger partial charge in [-0.15, -0.1) is 10.2 Å². The van der Waals surface area contributed by atoms with Crippen molar-refractivity contribution in [3.8, 4) is 11.4 Å². The molecule has 0 bridgehead atoms. The summed E-state index contributed by atoms with van der Waals surface area (Å²) in [6.45, 7) is 4.27. The fraction of sp³-hybridized carbons (Fsp3) is 0.211. The Labute approximate surface area is 156 Å². The molecule has 0 saturated carbocycles. The molecule has 0 atom stereocenters. The molecule has 0 unspecified atom stereocenters. The summed E-state index contributed by atoms with van der Waals surface area (Å²) in [4.78, 5) is 25.4. The van der Waals surface area contributed by atoms with Gasteiger partial charge in [0.1, 0.15) is 6.54 Å². The molecule has 27 heavy (non-hydrogen) atoms. The Kier molecular flexibility index (Phi) is 5.55. The second kappa shape index (κ2) is 8.22. The Balaban J connectivity index is 1.66. The number of anilines is 1. The van der Waals surface area contributed by atoms with Crippen LogP contribution in [0.2, 0.25) is 0 Å². The lowest BCUT2D eigenvalue weighted by Crippen LogP contribution is -2.23. The summed E-state index contributed by atoms with van der Waals surface area (Å²) in [5.41, 5.74) is 2.92. The van der Waals surface area contributed by atoms with E-state index < -0.39 is 0 Å². The number of hydrogen-bond acceptors (Lipinski definition) is 5. The van der Waals surface area contributed by atoms with Crippen LogP contribution in [0.3, 0.4) is 0 Å². The molecule has 0 fully saturated rings. The minimum atomic E-state index is -0.309. The van der Waals surface area contributed by atoms with Crippen LogP contribution in [0, 0.1) is 6.92 Å². The van der Waals surface area contributed by atoms with Crippen LogP contribution in [0.4, 0.5) is 5.69 Å². The minimum absolute atomic E-state index is 0.0791. The zero-order chi connectivity index (χ0) is 19.2. The molecule has 0 saturated heterocycles. The maximum absolute atomic E-state index is 12.3. The Morgan fingerprint density at radius 1 is 1.11 bits per heavy atom. The van der Waals surface area contributed by atoms with Crippen molar-refractivity contribution in [2.24, 2.45) is 0 Å².